The van der Waals surface area contributed by atoms with E-state index in [1.54, 1.807) is 0 Å². The van der Waals surface area contributed by atoms with Gasteiger partial charge in [-0.2, -0.15) is 0 Å². The van der Waals surface area contributed by atoms with E-state index in [2.05, 4.69) is 74.2 Å². The lowest BCUT2D eigenvalue weighted by molar-refractivity contribution is 1.42. The summed E-state index contributed by atoms with van der Waals surface area (Å²) in [5.74, 6) is 0. The third-order valence-corrected chi connectivity index (χ3v) is 3.37. The van der Waals surface area contributed by atoms with Crippen LogP contribution < -0.4 is 0 Å². The van der Waals surface area contributed by atoms with Gasteiger partial charge in [0.15, 0.2) is 0 Å². The van der Waals surface area contributed by atoms with E-state index >= 15 is 0 Å². The van der Waals surface area contributed by atoms with Crippen molar-refractivity contribution in [2.45, 2.75) is 69.2 Å². The Morgan fingerprint density at radius 2 is 1.29 bits per heavy atom. The van der Waals surface area contributed by atoms with Crippen molar-refractivity contribution in [1.82, 2.24) is 0 Å². The molecule has 0 nitrogen and oxygen atoms in total. The van der Waals surface area contributed by atoms with Crippen molar-refractivity contribution < 1.29 is 0 Å². The second kappa shape index (κ2) is 22.7. The van der Waals surface area contributed by atoms with Crippen molar-refractivity contribution in [2.75, 3.05) is 0 Å². The zero-order valence-electron chi connectivity index (χ0n) is 20.1. The van der Waals surface area contributed by atoms with Gasteiger partial charge in [0.2, 0.25) is 0 Å². The SMILES string of the molecule is C=C/C=C(\C=C/C)c1cccc(-c2ccccc2)c1C.CC.CC.CC.CC. The molecule has 2 aromatic rings. The highest BCUT2D eigenvalue weighted by atomic mass is 14.1. The van der Waals surface area contributed by atoms with E-state index in [-0.39, 0.29) is 0 Å². The highest BCUT2D eigenvalue weighted by molar-refractivity contribution is 5.82. The van der Waals surface area contributed by atoms with Gasteiger partial charge >= 0.3 is 0 Å². The monoisotopic (exact) mass is 380 g/mol. The van der Waals surface area contributed by atoms with Crippen LogP contribution in [0.15, 0.2) is 79.4 Å². The maximum absolute atomic E-state index is 3.81. The van der Waals surface area contributed by atoms with E-state index in [4.69, 9.17) is 0 Å². The van der Waals surface area contributed by atoms with Crippen LogP contribution in [0.4, 0.5) is 0 Å². The lowest BCUT2D eigenvalue weighted by Crippen LogP contribution is -1.91. The molecule has 2 aromatic carbocycles. The summed E-state index contributed by atoms with van der Waals surface area (Å²) >= 11 is 0. The zero-order chi connectivity index (χ0) is 22.4. The van der Waals surface area contributed by atoms with Crippen molar-refractivity contribution in [3.8, 4) is 11.1 Å². The molecule has 0 bridgehead atoms. The van der Waals surface area contributed by atoms with Crippen LogP contribution in [-0.4, -0.2) is 0 Å². The molecule has 0 saturated heterocycles. The highest BCUT2D eigenvalue weighted by Gasteiger charge is 2.07. The number of hydrogen-bond donors (Lipinski definition) is 0. The Kier molecular flexibility index (Phi) is 24.6. The van der Waals surface area contributed by atoms with E-state index in [0.29, 0.717) is 0 Å². The summed E-state index contributed by atoms with van der Waals surface area (Å²) in [6.07, 6.45) is 8.07. The molecule has 0 aliphatic carbocycles. The van der Waals surface area contributed by atoms with Crippen LogP contribution in [0.2, 0.25) is 0 Å². The molecule has 0 atom stereocenters. The first-order chi connectivity index (χ1) is 13.8. The first-order valence-corrected chi connectivity index (χ1v) is 10.9. The first-order valence-electron chi connectivity index (χ1n) is 10.9. The Hall–Kier alpha value is -2.34. The molecule has 0 heteroatoms. The van der Waals surface area contributed by atoms with E-state index in [9.17, 15) is 0 Å². The summed E-state index contributed by atoms with van der Waals surface area (Å²) in [6, 6.07) is 17.0. The molecule has 0 spiro atoms. The first kappa shape index (κ1) is 30.4. The van der Waals surface area contributed by atoms with Gasteiger partial charge in [-0.25, -0.2) is 0 Å². The van der Waals surface area contributed by atoms with Gasteiger partial charge in [-0.15, -0.1) is 0 Å². The van der Waals surface area contributed by atoms with Gasteiger partial charge in [-0.05, 0) is 41.7 Å². The Balaban J connectivity index is -0.000000695. The Morgan fingerprint density at radius 3 is 1.75 bits per heavy atom. The van der Waals surface area contributed by atoms with Crippen molar-refractivity contribution in [3.63, 3.8) is 0 Å². The zero-order valence-corrected chi connectivity index (χ0v) is 20.1. The van der Waals surface area contributed by atoms with Crippen LogP contribution in [0, 0.1) is 6.92 Å². The molecule has 0 aliphatic rings. The smallest absolute Gasteiger partial charge is 0.0149 e. The maximum atomic E-state index is 3.81. The van der Waals surface area contributed by atoms with Crippen molar-refractivity contribution in [1.29, 1.82) is 0 Å². The molecular weight excluding hydrogens is 336 g/mol. The van der Waals surface area contributed by atoms with E-state index in [1.807, 2.05) is 74.5 Å². The van der Waals surface area contributed by atoms with Gasteiger partial charge in [0.05, 0.1) is 0 Å². The summed E-state index contributed by atoms with van der Waals surface area (Å²) in [4.78, 5) is 0. The van der Waals surface area contributed by atoms with E-state index in [0.717, 1.165) is 0 Å². The fourth-order valence-electron chi connectivity index (χ4n) is 2.42. The normalized spacial score (nSPS) is 9.29. The van der Waals surface area contributed by atoms with Gasteiger partial charge in [0, 0.05) is 0 Å². The quantitative estimate of drug-likeness (QED) is 0.463. The second-order valence-corrected chi connectivity index (χ2v) is 4.70. The van der Waals surface area contributed by atoms with Crippen LogP contribution in [-0.2, 0) is 0 Å². The van der Waals surface area contributed by atoms with Crippen LogP contribution in [0.3, 0.4) is 0 Å². The predicted molar refractivity (Wildman–Crippen MR) is 135 cm³/mol. The molecule has 0 fully saturated rings. The second-order valence-electron chi connectivity index (χ2n) is 4.70. The maximum Gasteiger partial charge on any atom is -0.0149 e. The summed E-state index contributed by atoms with van der Waals surface area (Å²) in [7, 11) is 0. The summed E-state index contributed by atoms with van der Waals surface area (Å²) < 4.78 is 0. The Bertz CT molecular complexity index is 643. The van der Waals surface area contributed by atoms with Crippen molar-refractivity contribution in [2.24, 2.45) is 0 Å². The molecule has 156 valence electrons. The van der Waals surface area contributed by atoms with E-state index < -0.39 is 0 Å². The molecule has 0 radical (unpaired) electrons. The molecule has 0 heterocycles. The molecule has 0 amide bonds. The largest absolute Gasteiger partial charge is 0.0990 e. The minimum atomic E-state index is 1.19. The van der Waals surface area contributed by atoms with Gasteiger partial charge < -0.3 is 0 Å². The molecular formula is C28H44. The van der Waals surface area contributed by atoms with E-state index in [1.165, 1.54) is 27.8 Å². The molecule has 2 rings (SSSR count). The standard InChI is InChI=1S/C20H20.4C2H6/c1-4-10-17(11-5-2)19-14-9-15-20(16(19)3)18-12-7-6-8-13-18;4*1-2/h4-15H,1H2,2-3H3;4*1-2H3/b11-5-,17-10+;;;;. The lowest BCUT2D eigenvalue weighted by Gasteiger charge is -2.12. The summed E-state index contributed by atoms with van der Waals surface area (Å²) in [5, 5.41) is 0. The summed E-state index contributed by atoms with van der Waals surface area (Å²) in [5.41, 5.74) is 6.28. The average Bonchev–Trinajstić information content (AvgIpc) is 2.80. The Labute approximate surface area is 176 Å². The van der Waals surface area contributed by atoms with Crippen molar-refractivity contribution in [3.05, 3.63) is 90.5 Å². The topological polar surface area (TPSA) is 0 Å². The van der Waals surface area contributed by atoms with Crippen LogP contribution >= 0.6 is 0 Å². The predicted octanol–water partition coefficient (Wildman–Crippen LogP) is 9.91. The number of rotatable bonds is 4. The number of hydrogen-bond acceptors (Lipinski definition) is 0. The minimum Gasteiger partial charge on any atom is -0.0990 e. The molecule has 0 saturated carbocycles. The third-order valence-electron chi connectivity index (χ3n) is 3.37. The van der Waals surface area contributed by atoms with Gasteiger partial charge in [0.25, 0.3) is 0 Å². The summed E-state index contributed by atoms with van der Waals surface area (Å²) in [6.45, 7) is 24.0. The van der Waals surface area contributed by atoms with Crippen LogP contribution in [0.5, 0.6) is 0 Å². The highest BCUT2D eigenvalue weighted by Crippen LogP contribution is 2.29. The van der Waals surface area contributed by atoms with Gasteiger partial charge in [-0.3, -0.25) is 0 Å². The molecule has 0 aromatic heterocycles. The molecule has 28 heavy (non-hydrogen) atoms. The lowest BCUT2D eigenvalue weighted by atomic mass is 9.92. The van der Waals surface area contributed by atoms with Gasteiger partial charge in [-0.1, -0.05) is 135 Å². The molecule has 0 N–H and O–H groups in total. The fraction of sp³-hybridized carbons (Fsp3) is 0.357. The van der Waals surface area contributed by atoms with Gasteiger partial charge in [0.1, 0.15) is 0 Å². The fourth-order valence-corrected chi connectivity index (χ4v) is 2.42. The number of allylic oxidation sites excluding steroid dienone is 5. The van der Waals surface area contributed by atoms with Crippen LogP contribution in [0.25, 0.3) is 16.7 Å². The number of benzene rings is 2. The van der Waals surface area contributed by atoms with Crippen molar-refractivity contribution >= 4 is 5.57 Å². The Morgan fingerprint density at radius 1 is 0.750 bits per heavy atom. The minimum absolute atomic E-state index is 1.19. The van der Waals surface area contributed by atoms with Crippen LogP contribution in [0.1, 0.15) is 73.4 Å². The third kappa shape index (κ3) is 10.7. The molecule has 0 unspecified atom stereocenters. The molecule has 0 aliphatic heterocycles. The average molecular weight is 381 g/mol.